The van der Waals surface area contributed by atoms with Crippen LogP contribution in [-0.4, -0.2) is 44.5 Å². The lowest BCUT2D eigenvalue weighted by Crippen LogP contribution is -2.44. The Hall–Kier alpha value is -2.65. The number of hydrogen-bond acceptors (Lipinski definition) is 6. The molecule has 1 unspecified atom stereocenters. The molecule has 2 aromatic carbocycles. The van der Waals surface area contributed by atoms with Gasteiger partial charge in [-0.25, -0.2) is 9.18 Å². The van der Waals surface area contributed by atoms with Gasteiger partial charge in [0, 0.05) is 36.5 Å². The van der Waals surface area contributed by atoms with E-state index in [0.717, 1.165) is 6.07 Å². The summed E-state index contributed by atoms with van der Waals surface area (Å²) in [6, 6.07) is 10.7. The van der Waals surface area contributed by atoms with Crippen molar-refractivity contribution in [3.63, 3.8) is 0 Å². The zero-order valence-electron chi connectivity index (χ0n) is 17.7. The average Bonchev–Trinajstić information content (AvgIpc) is 2.70. The molecular weight excluding hydrogens is 423 g/mol. The number of nitrogens with one attached hydrogen (secondary N) is 1. The second-order valence-electron chi connectivity index (χ2n) is 8.31. The molecule has 0 saturated carbocycles. The van der Waals surface area contributed by atoms with Crippen molar-refractivity contribution in [1.82, 2.24) is 4.90 Å². The van der Waals surface area contributed by atoms with E-state index in [-0.39, 0.29) is 22.8 Å². The molecule has 7 nitrogen and oxygen atoms in total. The molecule has 0 radical (unpaired) electrons. The van der Waals surface area contributed by atoms with Crippen molar-refractivity contribution in [1.29, 1.82) is 0 Å². The Bertz CT molecular complexity index is 938. The number of halogens is 1. The Morgan fingerprint density at radius 3 is 2.35 bits per heavy atom. The van der Waals surface area contributed by atoms with E-state index in [9.17, 15) is 17.9 Å². The summed E-state index contributed by atoms with van der Waals surface area (Å²) in [6.07, 6.45) is 1.11. The van der Waals surface area contributed by atoms with Crippen LogP contribution in [0.1, 0.15) is 33.6 Å². The average molecular weight is 450 g/mol. The maximum absolute atomic E-state index is 14.1. The van der Waals surface area contributed by atoms with E-state index in [2.05, 4.69) is 5.32 Å². The second kappa shape index (κ2) is 9.65. The van der Waals surface area contributed by atoms with Crippen LogP contribution < -0.4 is 10.1 Å². The first-order chi connectivity index (χ1) is 14.6. The van der Waals surface area contributed by atoms with Crippen LogP contribution in [-0.2, 0) is 15.8 Å². The van der Waals surface area contributed by atoms with Crippen LogP contribution >= 0.6 is 0 Å². The number of likely N-dealkylation sites (tertiary alicyclic amines) is 1. The van der Waals surface area contributed by atoms with Crippen molar-refractivity contribution >= 4 is 28.5 Å². The Balaban J connectivity index is 1.51. The van der Waals surface area contributed by atoms with Gasteiger partial charge in [-0.2, -0.15) is 0 Å². The molecule has 1 atom stereocenters. The number of carbonyl (C=O) groups excluding carboxylic acids is 1. The van der Waals surface area contributed by atoms with E-state index < -0.39 is 22.5 Å². The minimum Gasteiger partial charge on any atom is -0.768 e. The number of anilines is 2. The summed E-state index contributed by atoms with van der Waals surface area (Å²) in [5, 5.41) is 2.92. The Morgan fingerprint density at radius 2 is 1.81 bits per heavy atom. The number of hydrogen-bond donors (Lipinski definition) is 1. The molecular formula is C22H26FN2O5S-. The normalized spacial score (nSPS) is 16.0. The molecule has 3 rings (SSSR count). The molecule has 1 aliphatic rings. The summed E-state index contributed by atoms with van der Waals surface area (Å²) in [5.74, 6) is 0.0256. The third-order valence-corrected chi connectivity index (χ3v) is 5.30. The van der Waals surface area contributed by atoms with Gasteiger partial charge in [0.1, 0.15) is 23.3 Å². The van der Waals surface area contributed by atoms with Crippen molar-refractivity contribution in [3.8, 4) is 5.75 Å². The molecule has 0 aliphatic carbocycles. The topological polar surface area (TPSA) is 90.9 Å². The largest absolute Gasteiger partial charge is 0.768 e. The Morgan fingerprint density at radius 1 is 1.16 bits per heavy atom. The zero-order valence-corrected chi connectivity index (χ0v) is 18.5. The van der Waals surface area contributed by atoms with E-state index in [1.807, 2.05) is 20.8 Å². The predicted molar refractivity (Wildman–Crippen MR) is 115 cm³/mol. The maximum Gasteiger partial charge on any atom is 0.410 e. The third-order valence-electron chi connectivity index (χ3n) is 4.66. The van der Waals surface area contributed by atoms with Gasteiger partial charge in [0.05, 0.1) is 5.69 Å². The smallest absolute Gasteiger partial charge is 0.410 e. The SMILES string of the molecule is CC(C)(C)OC(=O)N1CCC(Oc2ccc(Nc3ccc(S(=O)[O-])cc3F)cc2)CC1. The van der Waals surface area contributed by atoms with Gasteiger partial charge in [0.2, 0.25) is 0 Å². The number of benzene rings is 2. The molecule has 1 N–H and O–H groups in total. The Labute approximate surface area is 183 Å². The summed E-state index contributed by atoms with van der Waals surface area (Å²) in [5.41, 5.74) is 0.305. The highest BCUT2D eigenvalue weighted by Gasteiger charge is 2.27. The molecule has 1 saturated heterocycles. The fraction of sp³-hybridized carbons (Fsp3) is 0.409. The minimum atomic E-state index is -2.47. The highest BCUT2D eigenvalue weighted by Crippen LogP contribution is 2.25. The summed E-state index contributed by atoms with van der Waals surface area (Å²) in [4.78, 5) is 13.7. The number of nitrogens with zero attached hydrogens (tertiary/aromatic N) is 1. The highest BCUT2D eigenvalue weighted by molar-refractivity contribution is 7.79. The molecule has 1 fully saturated rings. The lowest BCUT2D eigenvalue weighted by atomic mass is 10.1. The van der Waals surface area contributed by atoms with Gasteiger partial charge in [0.25, 0.3) is 0 Å². The summed E-state index contributed by atoms with van der Waals surface area (Å²) in [6.45, 7) is 6.68. The van der Waals surface area contributed by atoms with Crippen LogP contribution in [0.15, 0.2) is 47.4 Å². The fourth-order valence-electron chi connectivity index (χ4n) is 3.15. The summed E-state index contributed by atoms with van der Waals surface area (Å²) < 4.78 is 47.3. The van der Waals surface area contributed by atoms with E-state index in [1.165, 1.54) is 12.1 Å². The van der Waals surface area contributed by atoms with Crippen molar-refractivity contribution in [3.05, 3.63) is 48.3 Å². The molecule has 31 heavy (non-hydrogen) atoms. The van der Waals surface area contributed by atoms with Gasteiger partial charge in [-0.05, 0) is 74.3 Å². The molecule has 168 valence electrons. The molecule has 2 aromatic rings. The fourth-order valence-corrected chi connectivity index (χ4v) is 3.53. The minimum absolute atomic E-state index is 0.00422. The number of ether oxygens (including phenoxy) is 2. The first kappa shape index (κ1) is 23.0. The molecule has 1 aliphatic heterocycles. The highest BCUT2D eigenvalue weighted by atomic mass is 32.2. The van der Waals surface area contributed by atoms with Crippen molar-refractivity contribution < 1.29 is 27.4 Å². The van der Waals surface area contributed by atoms with Crippen molar-refractivity contribution in [2.24, 2.45) is 0 Å². The van der Waals surface area contributed by atoms with Crippen molar-refractivity contribution in [2.45, 2.75) is 50.2 Å². The lowest BCUT2D eigenvalue weighted by molar-refractivity contribution is 0.0126. The van der Waals surface area contributed by atoms with Crippen LogP contribution in [0.3, 0.4) is 0 Å². The quantitative estimate of drug-likeness (QED) is 0.672. The van der Waals surface area contributed by atoms with Gasteiger partial charge in [0.15, 0.2) is 0 Å². The van der Waals surface area contributed by atoms with Crippen LogP contribution in [0.5, 0.6) is 5.75 Å². The summed E-state index contributed by atoms with van der Waals surface area (Å²) in [7, 11) is 0. The van der Waals surface area contributed by atoms with Gasteiger partial charge >= 0.3 is 6.09 Å². The van der Waals surface area contributed by atoms with Crippen LogP contribution in [0.2, 0.25) is 0 Å². The molecule has 0 bridgehead atoms. The molecule has 1 heterocycles. The number of amides is 1. The third kappa shape index (κ3) is 6.67. The molecule has 1 amide bonds. The number of carbonyl (C=O) groups is 1. The summed E-state index contributed by atoms with van der Waals surface area (Å²) >= 11 is -2.47. The maximum atomic E-state index is 14.1. The van der Waals surface area contributed by atoms with Crippen LogP contribution in [0.25, 0.3) is 0 Å². The Kier molecular flexibility index (Phi) is 7.17. The van der Waals surface area contributed by atoms with E-state index >= 15 is 0 Å². The molecule has 9 heteroatoms. The van der Waals surface area contributed by atoms with Crippen LogP contribution in [0.4, 0.5) is 20.6 Å². The van der Waals surface area contributed by atoms with Crippen LogP contribution in [0, 0.1) is 5.82 Å². The number of rotatable bonds is 5. The van der Waals surface area contributed by atoms with Gasteiger partial charge < -0.3 is 24.2 Å². The molecule has 0 aromatic heterocycles. The van der Waals surface area contributed by atoms with E-state index in [4.69, 9.17) is 9.47 Å². The van der Waals surface area contributed by atoms with E-state index in [1.54, 1.807) is 29.2 Å². The van der Waals surface area contributed by atoms with E-state index in [0.29, 0.717) is 37.4 Å². The first-order valence-electron chi connectivity index (χ1n) is 10.0. The van der Waals surface area contributed by atoms with Gasteiger partial charge in [-0.3, -0.25) is 4.21 Å². The lowest BCUT2D eigenvalue weighted by Gasteiger charge is -2.33. The number of piperidine rings is 1. The van der Waals surface area contributed by atoms with Gasteiger partial charge in [-0.15, -0.1) is 0 Å². The molecule has 0 spiro atoms. The predicted octanol–water partition coefficient (Wildman–Crippen LogP) is 4.59. The monoisotopic (exact) mass is 449 g/mol. The standard InChI is InChI=1S/C22H27FN2O5S/c1-22(2,3)30-21(26)25-12-10-17(11-13-25)29-16-6-4-15(5-7-16)24-20-9-8-18(31(27)28)14-19(20)23/h4-9,14,17,24H,10-13H2,1-3H3,(H,27,28)/p-1. The second-order valence-corrected chi connectivity index (χ2v) is 9.25. The first-order valence-corrected chi connectivity index (χ1v) is 11.1. The van der Waals surface area contributed by atoms with Gasteiger partial charge in [-0.1, -0.05) is 0 Å². The zero-order chi connectivity index (χ0) is 22.6. The van der Waals surface area contributed by atoms with Crippen molar-refractivity contribution in [2.75, 3.05) is 18.4 Å².